The fourth-order valence-corrected chi connectivity index (χ4v) is 1.24. The minimum Gasteiger partial charge on any atom is -0.547 e. The first-order chi connectivity index (χ1) is 6.18. The standard InChI is InChI=1S/C10H20O3.Na/c1-2-3-4-5-6-7-8-9(11)10(12)13;/h9,11H,2-8H2,1H3,(H,12,13);/q;+1/p-1. The Labute approximate surface area is 108 Å². The van der Waals surface area contributed by atoms with E-state index in [9.17, 15) is 9.90 Å². The van der Waals surface area contributed by atoms with Gasteiger partial charge < -0.3 is 15.0 Å². The Morgan fingerprint density at radius 3 is 2.21 bits per heavy atom. The number of carbonyl (C=O) groups is 1. The van der Waals surface area contributed by atoms with Crippen molar-refractivity contribution in [3.63, 3.8) is 0 Å². The van der Waals surface area contributed by atoms with Gasteiger partial charge in [-0.2, -0.15) is 0 Å². The van der Waals surface area contributed by atoms with Gasteiger partial charge in [-0.25, -0.2) is 0 Å². The molecule has 0 fully saturated rings. The van der Waals surface area contributed by atoms with Gasteiger partial charge in [0.2, 0.25) is 0 Å². The predicted molar refractivity (Wildman–Crippen MR) is 49.0 cm³/mol. The number of carboxylic acid groups (broad SMARTS) is 1. The second-order valence-electron chi connectivity index (χ2n) is 3.39. The van der Waals surface area contributed by atoms with Gasteiger partial charge in [0.15, 0.2) is 0 Å². The maximum atomic E-state index is 10.1. The maximum absolute atomic E-state index is 10.1. The molecule has 0 aromatic rings. The molecule has 0 heterocycles. The van der Waals surface area contributed by atoms with Crippen LogP contribution in [-0.4, -0.2) is 17.2 Å². The monoisotopic (exact) mass is 210 g/mol. The van der Waals surface area contributed by atoms with E-state index in [1.807, 2.05) is 0 Å². The molecule has 0 bridgehead atoms. The molecule has 1 unspecified atom stereocenters. The van der Waals surface area contributed by atoms with Crippen LogP contribution in [0.1, 0.15) is 51.9 Å². The summed E-state index contributed by atoms with van der Waals surface area (Å²) in [5.74, 6) is -1.35. The second-order valence-corrected chi connectivity index (χ2v) is 3.39. The van der Waals surface area contributed by atoms with Crippen molar-refractivity contribution in [2.45, 2.75) is 58.0 Å². The van der Waals surface area contributed by atoms with E-state index in [-0.39, 0.29) is 29.6 Å². The zero-order valence-corrected chi connectivity index (χ0v) is 11.3. The third kappa shape index (κ3) is 10.5. The number of rotatable bonds is 8. The summed E-state index contributed by atoms with van der Waals surface area (Å²) in [6.07, 6.45) is 5.62. The summed E-state index contributed by atoms with van der Waals surface area (Å²) in [7, 11) is 0. The number of unbranched alkanes of at least 4 members (excludes halogenated alkanes) is 5. The first-order valence-corrected chi connectivity index (χ1v) is 5.07. The summed E-state index contributed by atoms with van der Waals surface area (Å²) in [5, 5.41) is 19.0. The average Bonchev–Trinajstić information content (AvgIpc) is 2.10. The van der Waals surface area contributed by atoms with Crippen molar-refractivity contribution in [2.75, 3.05) is 0 Å². The van der Waals surface area contributed by atoms with Crippen molar-refractivity contribution in [2.24, 2.45) is 0 Å². The summed E-state index contributed by atoms with van der Waals surface area (Å²) in [6, 6.07) is 0. The molecule has 0 rings (SSSR count). The van der Waals surface area contributed by atoms with Gasteiger partial charge in [0.05, 0.1) is 12.1 Å². The number of aliphatic hydroxyl groups excluding tert-OH is 1. The van der Waals surface area contributed by atoms with Crippen molar-refractivity contribution in [3.05, 3.63) is 0 Å². The second kappa shape index (κ2) is 11.5. The number of carbonyl (C=O) groups excluding carboxylic acids is 1. The Balaban J connectivity index is 0. The maximum Gasteiger partial charge on any atom is 1.00 e. The van der Waals surface area contributed by atoms with Gasteiger partial charge in [-0.1, -0.05) is 45.4 Å². The fraction of sp³-hybridized carbons (Fsp3) is 0.900. The molecule has 0 amide bonds. The van der Waals surface area contributed by atoms with E-state index in [2.05, 4.69) is 6.92 Å². The van der Waals surface area contributed by atoms with Crippen LogP contribution in [0.4, 0.5) is 0 Å². The van der Waals surface area contributed by atoms with Gasteiger partial charge in [0, 0.05) is 0 Å². The molecular formula is C10H19NaO3. The molecule has 3 nitrogen and oxygen atoms in total. The molecule has 1 atom stereocenters. The molecule has 0 aliphatic heterocycles. The van der Waals surface area contributed by atoms with Gasteiger partial charge in [0.25, 0.3) is 0 Å². The molecular weight excluding hydrogens is 191 g/mol. The Bertz CT molecular complexity index is 139. The van der Waals surface area contributed by atoms with Gasteiger partial charge in [0.1, 0.15) is 0 Å². The van der Waals surface area contributed by atoms with Crippen molar-refractivity contribution < 1.29 is 44.6 Å². The quantitative estimate of drug-likeness (QED) is 0.367. The molecule has 0 aliphatic carbocycles. The van der Waals surface area contributed by atoms with Crippen LogP contribution in [0.5, 0.6) is 0 Å². The molecule has 0 aliphatic rings. The minimum absolute atomic E-state index is 0. The molecule has 0 aromatic carbocycles. The number of aliphatic carboxylic acids is 1. The van der Waals surface area contributed by atoms with E-state index in [1.165, 1.54) is 19.3 Å². The number of carboxylic acids is 1. The third-order valence-electron chi connectivity index (χ3n) is 2.10. The van der Waals surface area contributed by atoms with Crippen LogP contribution in [0.15, 0.2) is 0 Å². The molecule has 0 aromatic heterocycles. The summed E-state index contributed by atoms with van der Waals surface area (Å²) < 4.78 is 0. The fourth-order valence-electron chi connectivity index (χ4n) is 1.24. The van der Waals surface area contributed by atoms with Crippen LogP contribution in [0, 0.1) is 0 Å². The van der Waals surface area contributed by atoms with Crippen LogP contribution in [0.3, 0.4) is 0 Å². The van der Waals surface area contributed by atoms with Gasteiger partial charge in [-0.3, -0.25) is 0 Å². The smallest absolute Gasteiger partial charge is 0.547 e. The van der Waals surface area contributed by atoms with E-state index in [0.717, 1.165) is 19.3 Å². The molecule has 0 saturated carbocycles. The van der Waals surface area contributed by atoms with Crippen LogP contribution in [0.2, 0.25) is 0 Å². The molecule has 0 saturated heterocycles. The van der Waals surface area contributed by atoms with Crippen molar-refractivity contribution in [3.8, 4) is 0 Å². The largest absolute Gasteiger partial charge is 1.00 e. The van der Waals surface area contributed by atoms with E-state index in [1.54, 1.807) is 0 Å². The van der Waals surface area contributed by atoms with Gasteiger partial charge >= 0.3 is 29.6 Å². The summed E-state index contributed by atoms with van der Waals surface area (Å²) >= 11 is 0. The van der Waals surface area contributed by atoms with Crippen molar-refractivity contribution in [1.29, 1.82) is 0 Å². The summed E-state index contributed by atoms with van der Waals surface area (Å²) in [4.78, 5) is 10.1. The SMILES string of the molecule is CCCCCCCCC(O)C(=O)[O-].[Na+]. The zero-order valence-electron chi connectivity index (χ0n) is 9.29. The predicted octanol–water partition coefficient (Wildman–Crippen LogP) is -2.15. The zero-order chi connectivity index (χ0) is 10.1. The Morgan fingerprint density at radius 2 is 1.71 bits per heavy atom. The van der Waals surface area contributed by atoms with Crippen molar-refractivity contribution in [1.82, 2.24) is 0 Å². The minimum atomic E-state index is -1.35. The van der Waals surface area contributed by atoms with Gasteiger partial charge in [-0.05, 0) is 6.42 Å². The molecule has 0 spiro atoms. The Hall–Kier alpha value is 0.430. The Morgan fingerprint density at radius 1 is 1.21 bits per heavy atom. The first-order valence-electron chi connectivity index (χ1n) is 5.07. The topological polar surface area (TPSA) is 60.4 Å². The van der Waals surface area contributed by atoms with E-state index < -0.39 is 12.1 Å². The normalized spacial score (nSPS) is 11.9. The number of hydrogen-bond donors (Lipinski definition) is 1. The van der Waals surface area contributed by atoms with Crippen LogP contribution < -0.4 is 34.7 Å². The van der Waals surface area contributed by atoms with E-state index in [4.69, 9.17) is 5.11 Å². The van der Waals surface area contributed by atoms with Crippen molar-refractivity contribution >= 4 is 5.97 Å². The van der Waals surface area contributed by atoms with Crippen LogP contribution >= 0.6 is 0 Å². The summed E-state index contributed by atoms with van der Waals surface area (Å²) in [5.41, 5.74) is 0. The van der Waals surface area contributed by atoms with E-state index in [0.29, 0.717) is 6.42 Å². The van der Waals surface area contributed by atoms with Crippen LogP contribution in [0.25, 0.3) is 0 Å². The van der Waals surface area contributed by atoms with Gasteiger partial charge in [-0.15, -0.1) is 0 Å². The molecule has 14 heavy (non-hydrogen) atoms. The molecule has 0 radical (unpaired) electrons. The average molecular weight is 210 g/mol. The number of hydrogen-bond acceptors (Lipinski definition) is 3. The Kier molecular flexibility index (Phi) is 13.8. The molecule has 78 valence electrons. The third-order valence-corrected chi connectivity index (χ3v) is 2.10. The molecule has 4 heteroatoms. The molecule has 1 N–H and O–H groups in total. The first kappa shape index (κ1) is 16.8. The van der Waals surface area contributed by atoms with E-state index >= 15 is 0 Å². The van der Waals surface area contributed by atoms with Crippen LogP contribution in [-0.2, 0) is 4.79 Å². The summed E-state index contributed by atoms with van der Waals surface area (Å²) in [6.45, 7) is 2.15. The number of aliphatic hydroxyl groups is 1.